The molecule has 5 rings (SSSR count). The molecular weight excluding hydrogens is 432 g/mol. The van der Waals surface area contributed by atoms with Gasteiger partial charge in [0.05, 0.1) is 5.92 Å². The molecule has 35 heavy (non-hydrogen) atoms. The van der Waals surface area contributed by atoms with Gasteiger partial charge in [0.15, 0.2) is 0 Å². The van der Waals surface area contributed by atoms with E-state index in [0.717, 1.165) is 48.9 Å². The summed E-state index contributed by atoms with van der Waals surface area (Å²) in [6.07, 6.45) is 8.72. The molecule has 180 valence electrons. The lowest BCUT2D eigenvalue weighted by molar-refractivity contribution is -0.125. The van der Waals surface area contributed by atoms with E-state index in [9.17, 15) is 9.59 Å². The molecule has 2 amide bonds. The fraction of sp³-hybridized carbons (Fsp3) is 0.355. The van der Waals surface area contributed by atoms with Gasteiger partial charge in [0.25, 0.3) is 0 Å². The second-order valence-electron chi connectivity index (χ2n) is 10.1. The number of amides is 2. The Bertz CT molecular complexity index is 1150. The first-order valence-corrected chi connectivity index (χ1v) is 13.0. The van der Waals surface area contributed by atoms with Gasteiger partial charge in [-0.1, -0.05) is 111 Å². The Kier molecular flexibility index (Phi) is 6.98. The van der Waals surface area contributed by atoms with Gasteiger partial charge in [0, 0.05) is 11.2 Å². The summed E-state index contributed by atoms with van der Waals surface area (Å²) in [6, 6.07) is 28.2. The Morgan fingerprint density at radius 2 is 1.40 bits per heavy atom. The van der Waals surface area contributed by atoms with Crippen LogP contribution in [0.5, 0.6) is 0 Å². The Hall–Kier alpha value is -3.40. The van der Waals surface area contributed by atoms with E-state index in [1.165, 1.54) is 24.8 Å². The van der Waals surface area contributed by atoms with Crippen molar-refractivity contribution < 1.29 is 9.59 Å². The predicted octanol–water partition coefficient (Wildman–Crippen LogP) is 6.01. The van der Waals surface area contributed by atoms with Crippen molar-refractivity contribution in [2.45, 2.75) is 62.8 Å². The third-order valence-electron chi connectivity index (χ3n) is 7.59. The van der Waals surface area contributed by atoms with Crippen LogP contribution < -0.4 is 10.2 Å². The maximum atomic E-state index is 13.6. The summed E-state index contributed by atoms with van der Waals surface area (Å²) in [7, 11) is 0. The Morgan fingerprint density at radius 1 is 0.800 bits per heavy atom. The highest BCUT2D eigenvalue weighted by molar-refractivity contribution is 6.09. The van der Waals surface area contributed by atoms with E-state index in [0.29, 0.717) is 0 Å². The highest BCUT2D eigenvalue weighted by Crippen LogP contribution is 2.41. The van der Waals surface area contributed by atoms with E-state index < -0.39 is 0 Å². The average Bonchev–Trinajstić information content (AvgIpc) is 3.14. The van der Waals surface area contributed by atoms with E-state index >= 15 is 0 Å². The van der Waals surface area contributed by atoms with E-state index in [1.807, 2.05) is 60.7 Å². The molecule has 1 atom stereocenters. The van der Waals surface area contributed by atoms with Gasteiger partial charge in [-0.3, -0.25) is 9.59 Å². The maximum Gasteiger partial charge on any atom is 0.240 e. The van der Waals surface area contributed by atoms with Crippen LogP contribution in [0.25, 0.3) is 0 Å². The number of carbonyl (C=O) groups excluding carboxylic acids is 2. The lowest BCUT2D eigenvalue weighted by Crippen LogP contribution is -2.53. The lowest BCUT2D eigenvalue weighted by Gasteiger charge is -2.37. The van der Waals surface area contributed by atoms with Crippen molar-refractivity contribution in [2.24, 2.45) is 0 Å². The topological polar surface area (TPSA) is 49.4 Å². The van der Waals surface area contributed by atoms with Crippen molar-refractivity contribution in [3.05, 3.63) is 102 Å². The second kappa shape index (κ2) is 10.5. The summed E-state index contributed by atoms with van der Waals surface area (Å²) >= 11 is 0. The van der Waals surface area contributed by atoms with Crippen molar-refractivity contribution >= 4 is 17.5 Å². The first kappa shape index (κ1) is 23.3. The largest absolute Gasteiger partial charge is 0.349 e. The van der Waals surface area contributed by atoms with Gasteiger partial charge < -0.3 is 10.2 Å². The summed E-state index contributed by atoms with van der Waals surface area (Å²) in [5.74, 6) is -0.458. The highest BCUT2D eigenvalue weighted by atomic mass is 16.2. The van der Waals surface area contributed by atoms with Crippen LogP contribution in [0.1, 0.15) is 67.6 Å². The number of fused-ring (bicyclic) bond motifs is 1. The van der Waals surface area contributed by atoms with Crippen molar-refractivity contribution in [1.82, 2.24) is 5.32 Å². The quantitative estimate of drug-likeness (QED) is 0.484. The normalized spacial score (nSPS) is 19.5. The minimum atomic E-state index is -0.361. The molecule has 1 fully saturated rings. The number of nitrogens with zero attached hydrogens (tertiary/aromatic N) is 1. The number of para-hydroxylation sites is 1. The van der Waals surface area contributed by atoms with Gasteiger partial charge in [-0.15, -0.1) is 0 Å². The molecule has 1 unspecified atom stereocenters. The molecule has 0 radical (unpaired) electrons. The molecule has 2 aliphatic rings. The van der Waals surface area contributed by atoms with Crippen LogP contribution in [0.3, 0.4) is 0 Å². The number of nitrogens with one attached hydrogen (secondary N) is 1. The summed E-state index contributed by atoms with van der Waals surface area (Å²) in [6.45, 7) is 0.0513. The van der Waals surface area contributed by atoms with Crippen LogP contribution in [0, 0.1) is 0 Å². The Labute approximate surface area is 208 Å². The SMILES string of the molecule is O=C(CN1C(=O)C(c2ccccc2)c2ccccc21)NC1(Cc2ccccc2)CCCCCCC1. The van der Waals surface area contributed by atoms with Gasteiger partial charge in [-0.2, -0.15) is 0 Å². The molecule has 1 aliphatic heterocycles. The monoisotopic (exact) mass is 466 g/mol. The zero-order valence-electron chi connectivity index (χ0n) is 20.3. The summed E-state index contributed by atoms with van der Waals surface area (Å²) in [4.78, 5) is 28.8. The summed E-state index contributed by atoms with van der Waals surface area (Å²) in [5.41, 5.74) is 3.77. The van der Waals surface area contributed by atoms with Crippen LogP contribution >= 0.6 is 0 Å². The van der Waals surface area contributed by atoms with E-state index in [1.54, 1.807) is 4.90 Å². The molecule has 0 bridgehead atoms. The number of anilines is 1. The third kappa shape index (κ3) is 5.17. The van der Waals surface area contributed by atoms with Crippen molar-refractivity contribution in [2.75, 3.05) is 11.4 Å². The zero-order valence-corrected chi connectivity index (χ0v) is 20.3. The molecule has 0 spiro atoms. The molecule has 4 heteroatoms. The molecule has 4 nitrogen and oxygen atoms in total. The number of carbonyl (C=O) groups is 2. The summed E-state index contributed by atoms with van der Waals surface area (Å²) < 4.78 is 0. The third-order valence-corrected chi connectivity index (χ3v) is 7.59. The fourth-order valence-corrected chi connectivity index (χ4v) is 5.91. The van der Waals surface area contributed by atoms with Gasteiger partial charge in [-0.05, 0) is 42.0 Å². The van der Waals surface area contributed by atoms with Crippen LogP contribution in [-0.2, 0) is 16.0 Å². The first-order valence-electron chi connectivity index (χ1n) is 13.0. The first-order chi connectivity index (χ1) is 17.2. The number of hydrogen-bond donors (Lipinski definition) is 1. The number of hydrogen-bond acceptors (Lipinski definition) is 2. The van der Waals surface area contributed by atoms with Crippen LogP contribution in [-0.4, -0.2) is 23.9 Å². The minimum absolute atomic E-state index is 0.0256. The Balaban J connectivity index is 1.38. The molecule has 1 aliphatic carbocycles. The zero-order chi connectivity index (χ0) is 24.1. The molecule has 1 saturated carbocycles. The van der Waals surface area contributed by atoms with Crippen LogP contribution in [0.15, 0.2) is 84.9 Å². The Morgan fingerprint density at radius 3 is 2.11 bits per heavy atom. The molecular formula is C31H34N2O2. The minimum Gasteiger partial charge on any atom is -0.349 e. The van der Waals surface area contributed by atoms with E-state index in [4.69, 9.17) is 0 Å². The summed E-state index contributed by atoms with van der Waals surface area (Å²) in [5, 5.41) is 3.45. The molecule has 1 heterocycles. The molecule has 1 N–H and O–H groups in total. The highest BCUT2D eigenvalue weighted by Gasteiger charge is 2.40. The van der Waals surface area contributed by atoms with Crippen molar-refractivity contribution in [3.8, 4) is 0 Å². The van der Waals surface area contributed by atoms with E-state index in [2.05, 4.69) is 29.6 Å². The molecule has 3 aromatic rings. The van der Waals surface area contributed by atoms with E-state index in [-0.39, 0.29) is 29.8 Å². The molecule has 0 saturated heterocycles. The van der Waals surface area contributed by atoms with Gasteiger partial charge in [0.1, 0.15) is 6.54 Å². The van der Waals surface area contributed by atoms with Gasteiger partial charge in [0.2, 0.25) is 11.8 Å². The van der Waals surface area contributed by atoms with Gasteiger partial charge in [-0.25, -0.2) is 0 Å². The second-order valence-corrected chi connectivity index (χ2v) is 10.1. The number of benzene rings is 3. The van der Waals surface area contributed by atoms with Gasteiger partial charge >= 0.3 is 0 Å². The smallest absolute Gasteiger partial charge is 0.240 e. The predicted molar refractivity (Wildman–Crippen MR) is 140 cm³/mol. The maximum absolute atomic E-state index is 13.6. The molecule has 0 aromatic heterocycles. The van der Waals surface area contributed by atoms with Crippen molar-refractivity contribution in [1.29, 1.82) is 0 Å². The lowest BCUT2D eigenvalue weighted by atomic mass is 9.79. The van der Waals surface area contributed by atoms with Crippen molar-refractivity contribution in [3.63, 3.8) is 0 Å². The van der Waals surface area contributed by atoms with Crippen LogP contribution in [0.2, 0.25) is 0 Å². The molecule has 3 aromatic carbocycles. The van der Waals surface area contributed by atoms with Crippen LogP contribution in [0.4, 0.5) is 5.69 Å². The average molecular weight is 467 g/mol. The standard InChI is InChI=1S/C31H34N2O2/c34-28(32-31(20-12-2-1-3-13-21-31)22-24-14-6-4-7-15-24)23-33-27-19-11-10-18-26(27)29(30(33)35)25-16-8-5-9-17-25/h4-11,14-19,29H,1-3,12-13,20-23H2,(H,32,34). The number of rotatable bonds is 6. The fourth-order valence-electron chi connectivity index (χ4n) is 5.91.